The standard InChI is InChI=1S/C21H26N2O/c1-15(16-9-11-19(24-2)12-10-16)23-14-4-6-18-8-7-17-5-3-13-22-20(17)21(18)23/h3,5,9-13,15,18,21H,4,6-8,14H2,1-2H3/t15-,18-,21-/m0/s1. The number of likely N-dealkylation sites (tertiary alicyclic amines) is 1. The Bertz CT molecular complexity index is 697. The quantitative estimate of drug-likeness (QED) is 0.829. The van der Waals surface area contributed by atoms with Gasteiger partial charge in [-0.25, -0.2) is 0 Å². The number of aryl methyl sites for hydroxylation is 1. The van der Waals surface area contributed by atoms with Gasteiger partial charge in [-0.05, 0) is 74.4 Å². The summed E-state index contributed by atoms with van der Waals surface area (Å²) in [5.74, 6) is 1.67. The second-order valence-electron chi connectivity index (χ2n) is 7.12. The van der Waals surface area contributed by atoms with Crippen LogP contribution in [0.5, 0.6) is 5.75 Å². The molecule has 126 valence electrons. The second-order valence-corrected chi connectivity index (χ2v) is 7.12. The molecule has 1 saturated heterocycles. The molecule has 0 unspecified atom stereocenters. The van der Waals surface area contributed by atoms with E-state index in [1.807, 2.05) is 6.20 Å². The Morgan fingerprint density at radius 3 is 2.79 bits per heavy atom. The van der Waals surface area contributed by atoms with Gasteiger partial charge in [0.1, 0.15) is 5.75 Å². The maximum Gasteiger partial charge on any atom is 0.118 e. The Kier molecular flexibility index (Phi) is 4.28. The number of benzene rings is 1. The number of hydrogen-bond donors (Lipinski definition) is 0. The van der Waals surface area contributed by atoms with Crippen molar-refractivity contribution in [1.82, 2.24) is 9.88 Å². The van der Waals surface area contributed by atoms with Crippen molar-refractivity contribution in [2.45, 2.75) is 44.7 Å². The molecule has 0 N–H and O–H groups in total. The van der Waals surface area contributed by atoms with E-state index in [2.05, 4.69) is 48.2 Å². The molecule has 1 fully saturated rings. The zero-order valence-corrected chi connectivity index (χ0v) is 14.6. The molecule has 2 aliphatic rings. The molecule has 0 amide bonds. The van der Waals surface area contributed by atoms with Crippen LogP contribution in [0.25, 0.3) is 0 Å². The largest absolute Gasteiger partial charge is 0.497 e. The molecule has 2 heterocycles. The molecule has 24 heavy (non-hydrogen) atoms. The molecule has 3 atom stereocenters. The summed E-state index contributed by atoms with van der Waals surface area (Å²) in [6.07, 6.45) is 7.09. The summed E-state index contributed by atoms with van der Waals surface area (Å²) >= 11 is 0. The van der Waals surface area contributed by atoms with Crippen LogP contribution in [0.15, 0.2) is 42.6 Å². The zero-order valence-electron chi connectivity index (χ0n) is 14.6. The highest BCUT2D eigenvalue weighted by atomic mass is 16.5. The van der Waals surface area contributed by atoms with Crippen LogP contribution in [0.1, 0.15) is 55.1 Å². The maximum atomic E-state index is 5.30. The fraction of sp³-hybridized carbons (Fsp3) is 0.476. The fourth-order valence-electron chi connectivity index (χ4n) is 4.56. The molecule has 4 rings (SSSR count). The number of ether oxygens (including phenoxy) is 1. The monoisotopic (exact) mass is 322 g/mol. The van der Waals surface area contributed by atoms with Crippen molar-refractivity contribution >= 4 is 0 Å². The van der Waals surface area contributed by atoms with Gasteiger partial charge in [-0.15, -0.1) is 0 Å². The summed E-state index contributed by atoms with van der Waals surface area (Å²) in [5.41, 5.74) is 4.14. The van der Waals surface area contributed by atoms with Crippen LogP contribution in [0, 0.1) is 5.92 Å². The number of aromatic nitrogens is 1. The number of methoxy groups -OCH3 is 1. The topological polar surface area (TPSA) is 25.4 Å². The molecule has 3 nitrogen and oxygen atoms in total. The first-order chi connectivity index (χ1) is 11.8. The van der Waals surface area contributed by atoms with E-state index in [-0.39, 0.29) is 0 Å². The predicted molar refractivity (Wildman–Crippen MR) is 96.1 cm³/mol. The van der Waals surface area contributed by atoms with Crippen LogP contribution in [0.4, 0.5) is 0 Å². The molecule has 3 heteroatoms. The highest BCUT2D eigenvalue weighted by molar-refractivity contribution is 5.31. The van der Waals surface area contributed by atoms with Crippen LogP contribution in [0.3, 0.4) is 0 Å². The zero-order chi connectivity index (χ0) is 16.5. The van der Waals surface area contributed by atoms with Gasteiger partial charge in [0.15, 0.2) is 0 Å². The van der Waals surface area contributed by atoms with E-state index in [9.17, 15) is 0 Å². The molecular formula is C21H26N2O. The first kappa shape index (κ1) is 15.6. The highest BCUT2D eigenvalue weighted by Crippen LogP contribution is 2.46. The number of fused-ring (bicyclic) bond motifs is 3. The Labute approximate surface area is 144 Å². The van der Waals surface area contributed by atoms with E-state index < -0.39 is 0 Å². The summed E-state index contributed by atoms with van der Waals surface area (Å²) in [7, 11) is 1.72. The van der Waals surface area contributed by atoms with E-state index >= 15 is 0 Å². The lowest BCUT2D eigenvalue weighted by Crippen LogP contribution is -2.43. The first-order valence-electron chi connectivity index (χ1n) is 9.11. The van der Waals surface area contributed by atoms with Gasteiger partial charge >= 0.3 is 0 Å². The smallest absolute Gasteiger partial charge is 0.118 e. The van der Waals surface area contributed by atoms with Crippen LogP contribution in [0.2, 0.25) is 0 Å². The third-order valence-corrected chi connectivity index (χ3v) is 5.88. The average Bonchev–Trinajstić information content (AvgIpc) is 2.67. The molecule has 2 aromatic rings. The Morgan fingerprint density at radius 1 is 1.17 bits per heavy atom. The molecular weight excluding hydrogens is 296 g/mol. The Hall–Kier alpha value is -1.87. The molecule has 1 aromatic carbocycles. The van der Waals surface area contributed by atoms with Gasteiger partial charge in [-0.3, -0.25) is 9.88 Å². The van der Waals surface area contributed by atoms with E-state index in [4.69, 9.17) is 9.72 Å². The molecule has 0 bridgehead atoms. The van der Waals surface area contributed by atoms with Gasteiger partial charge in [0.25, 0.3) is 0 Å². The lowest BCUT2D eigenvalue weighted by molar-refractivity contribution is 0.0430. The minimum absolute atomic E-state index is 0.400. The van der Waals surface area contributed by atoms with Crippen LogP contribution >= 0.6 is 0 Å². The van der Waals surface area contributed by atoms with E-state index in [1.54, 1.807) is 7.11 Å². The van der Waals surface area contributed by atoms with Crippen molar-refractivity contribution in [2.75, 3.05) is 13.7 Å². The van der Waals surface area contributed by atoms with Crippen LogP contribution in [-0.4, -0.2) is 23.5 Å². The van der Waals surface area contributed by atoms with Gasteiger partial charge in [0.2, 0.25) is 0 Å². The van der Waals surface area contributed by atoms with Crippen molar-refractivity contribution in [1.29, 1.82) is 0 Å². The number of nitrogens with zero attached hydrogens (tertiary/aromatic N) is 2. The molecule has 1 aliphatic carbocycles. The molecule has 1 aromatic heterocycles. The summed E-state index contributed by atoms with van der Waals surface area (Å²) in [6.45, 7) is 3.49. The third kappa shape index (κ3) is 2.71. The van der Waals surface area contributed by atoms with Gasteiger partial charge in [-0.2, -0.15) is 0 Å². The Morgan fingerprint density at radius 2 is 2.00 bits per heavy atom. The van der Waals surface area contributed by atoms with Gasteiger partial charge in [-0.1, -0.05) is 18.2 Å². The molecule has 0 saturated carbocycles. The predicted octanol–water partition coefficient (Wildman–Crippen LogP) is 4.55. The van der Waals surface area contributed by atoms with E-state index in [0.29, 0.717) is 12.1 Å². The fourth-order valence-corrected chi connectivity index (χ4v) is 4.56. The highest BCUT2D eigenvalue weighted by Gasteiger charge is 2.39. The Balaban J connectivity index is 1.66. The van der Waals surface area contributed by atoms with Crippen LogP contribution in [-0.2, 0) is 6.42 Å². The minimum Gasteiger partial charge on any atom is -0.497 e. The normalized spacial score (nSPS) is 24.8. The van der Waals surface area contributed by atoms with Crippen molar-refractivity contribution in [3.05, 3.63) is 59.4 Å². The van der Waals surface area contributed by atoms with Crippen molar-refractivity contribution in [2.24, 2.45) is 5.92 Å². The third-order valence-electron chi connectivity index (χ3n) is 5.88. The maximum absolute atomic E-state index is 5.30. The average molecular weight is 322 g/mol. The second kappa shape index (κ2) is 6.56. The molecule has 0 spiro atoms. The van der Waals surface area contributed by atoms with Crippen molar-refractivity contribution < 1.29 is 4.74 Å². The van der Waals surface area contributed by atoms with Crippen molar-refractivity contribution in [3.63, 3.8) is 0 Å². The number of hydrogen-bond acceptors (Lipinski definition) is 3. The summed E-state index contributed by atoms with van der Waals surface area (Å²) in [5, 5.41) is 0. The summed E-state index contributed by atoms with van der Waals surface area (Å²) in [6, 6.07) is 13.8. The summed E-state index contributed by atoms with van der Waals surface area (Å²) in [4.78, 5) is 7.48. The molecule has 1 aliphatic heterocycles. The van der Waals surface area contributed by atoms with Gasteiger partial charge in [0.05, 0.1) is 18.8 Å². The van der Waals surface area contributed by atoms with Crippen LogP contribution < -0.4 is 4.74 Å². The SMILES string of the molecule is COc1ccc([C@H](C)N2CCC[C@H]3CCc4cccnc4[C@H]32)cc1. The van der Waals surface area contributed by atoms with Gasteiger partial charge in [0, 0.05) is 12.2 Å². The lowest BCUT2D eigenvalue weighted by atomic mass is 9.76. The van der Waals surface area contributed by atoms with E-state index in [1.165, 1.54) is 42.5 Å². The number of pyridine rings is 1. The van der Waals surface area contributed by atoms with Gasteiger partial charge < -0.3 is 4.74 Å². The van der Waals surface area contributed by atoms with Crippen molar-refractivity contribution in [3.8, 4) is 5.75 Å². The minimum atomic E-state index is 0.400. The number of piperidine rings is 1. The summed E-state index contributed by atoms with van der Waals surface area (Å²) < 4.78 is 5.30. The lowest BCUT2D eigenvalue weighted by Gasteiger charge is -2.47. The van der Waals surface area contributed by atoms with E-state index in [0.717, 1.165) is 18.2 Å². The molecule has 0 radical (unpaired) electrons. The first-order valence-corrected chi connectivity index (χ1v) is 9.11. The number of rotatable bonds is 3.